The molecule has 0 aliphatic rings. The molecule has 0 saturated carbocycles. The van der Waals surface area contributed by atoms with Crippen molar-refractivity contribution in [3.8, 4) is 16.9 Å². The van der Waals surface area contributed by atoms with Gasteiger partial charge in [0.2, 0.25) is 0 Å². The molecule has 1 atom stereocenters. The SMILES string of the molecule is C=CCC(CC(F)(F)c1ccc(-c2ccc(OC)cc2)cc1)C(=O)O. The Bertz CT molecular complexity index is 722. The van der Waals surface area contributed by atoms with Crippen LogP contribution < -0.4 is 4.74 Å². The van der Waals surface area contributed by atoms with E-state index < -0.39 is 24.2 Å². The molecular weight excluding hydrogens is 326 g/mol. The Balaban J connectivity index is 2.19. The summed E-state index contributed by atoms with van der Waals surface area (Å²) in [5, 5.41) is 9.06. The zero-order chi connectivity index (χ0) is 18.4. The number of methoxy groups -OCH3 is 1. The molecule has 0 saturated heterocycles. The van der Waals surface area contributed by atoms with Crippen LogP contribution in [0.1, 0.15) is 18.4 Å². The molecule has 0 heterocycles. The highest BCUT2D eigenvalue weighted by Crippen LogP contribution is 2.37. The van der Waals surface area contributed by atoms with Crippen molar-refractivity contribution in [3.05, 3.63) is 66.7 Å². The van der Waals surface area contributed by atoms with Crippen LogP contribution in [0, 0.1) is 5.92 Å². The molecule has 2 aromatic rings. The topological polar surface area (TPSA) is 46.5 Å². The molecule has 0 fully saturated rings. The third-order valence-electron chi connectivity index (χ3n) is 4.03. The highest BCUT2D eigenvalue weighted by Gasteiger charge is 2.36. The number of carbonyl (C=O) groups is 1. The van der Waals surface area contributed by atoms with Gasteiger partial charge in [-0.2, -0.15) is 0 Å². The van der Waals surface area contributed by atoms with Crippen molar-refractivity contribution < 1.29 is 23.4 Å². The monoisotopic (exact) mass is 346 g/mol. The minimum Gasteiger partial charge on any atom is -0.497 e. The Morgan fingerprint density at radius 2 is 1.68 bits per heavy atom. The summed E-state index contributed by atoms with van der Waals surface area (Å²) in [6.45, 7) is 3.43. The van der Waals surface area contributed by atoms with Crippen LogP contribution in [0.15, 0.2) is 61.2 Å². The summed E-state index contributed by atoms with van der Waals surface area (Å²) in [6, 6.07) is 13.2. The van der Waals surface area contributed by atoms with E-state index in [0.29, 0.717) is 5.75 Å². The third kappa shape index (κ3) is 4.66. The van der Waals surface area contributed by atoms with Gasteiger partial charge >= 0.3 is 5.97 Å². The largest absolute Gasteiger partial charge is 0.497 e. The van der Waals surface area contributed by atoms with Gasteiger partial charge in [-0.15, -0.1) is 6.58 Å². The molecule has 0 aliphatic heterocycles. The number of aliphatic carboxylic acids is 1. The second-order valence-electron chi connectivity index (χ2n) is 5.77. The Morgan fingerprint density at radius 1 is 1.16 bits per heavy atom. The number of halogens is 2. The summed E-state index contributed by atoms with van der Waals surface area (Å²) >= 11 is 0. The first-order valence-corrected chi connectivity index (χ1v) is 7.84. The predicted molar refractivity (Wildman–Crippen MR) is 92.9 cm³/mol. The van der Waals surface area contributed by atoms with E-state index in [9.17, 15) is 13.6 Å². The molecule has 132 valence electrons. The molecule has 5 heteroatoms. The Hall–Kier alpha value is -2.69. The predicted octanol–water partition coefficient (Wildman–Crippen LogP) is 5.12. The molecule has 0 spiro atoms. The summed E-state index contributed by atoms with van der Waals surface area (Å²) in [4.78, 5) is 11.1. The molecular formula is C20H20F2O3. The van der Waals surface area contributed by atoms with Crippen LogP contribution in [0.2, 0.25) is 0 Å². The van der Waals surface area contributed by atoms with Crippen LogP contribution >= 0.6 is 0 Å². The number of rotatable bonds is 8. The van der Waals surface area contributed by atoms with E-state index in [-0.39, 0.29) is 12.0 Å². The van der Waals surface area contributed by atoms with Gasteiger partial charge in [0.05, 0.1) is 13.0 Å². The third-order valence-corrected chi connectivity index (χ3v) is 4.03. The molecule has 2 rings (SSSR count). The molecule has 0 amide bonds. The van der Waals surface area contributed by atoms with Crippen LogP contribution in [0.3, 0.4) is 0 Å². The van der Waals surface area contributed by atoms with Crippen LogP contribution in [-0.2, 0) is 10.7 Å². The maximum atomic E-state index is 14.4. The average Bonchev–Trinajstić information content (AvgIpc) is 2.61. The van der Waals surface area contributed by atoms with E-state index >= 15 is 0 Å². The molecule has 0 radical (unpaired) electrons. The quantitative estimate of drug-likeness (QED) is 0.675. The zero-order valence-corrected chi connectivity index (χ0v) is 13.9. The van der Waals surface area contributed by atoms with Crippen LogP contribution in [0.25, 0.3) is 11.1 Å². The molecule has 25 heavy (non-hydrogen) atoms. The highest BCUT2D eigenvalue weighted by molar-refractivity contribution is 5.70. The van der Waals surface area contributed by atoms with E-state index in [4.69, 9.17) is 9.84 Å². The highest BCUT2D eigenvalue weighted by atomic mass is 19.3. The maximum absolute atomic E-state index is 14.4. The second-order valence-corrected chi connectivity index (χ2v) is 5.77. The van der Waals surface area contributed by atoms with E-state index in [1.807, 2.05) is 12.1 Å². The zero-order valence-electron chi connectivity index (χ0n) is 13.9. The lowest BCUT2D eigenvalue weighted by Crippen LogP contribution is -2.23. The summed E-state index contributed by atoms with van der Waals surface area (Å²) in [6.07, 6.45) is 0.604. The van der Waals surface area contributed by atoms with E-state index in [1.54, 1.807) is 31.4 Å². The fraction of sp³-hybridized carbons (Fsp3) is 0.250. The van der Waals surface area contributed by atoms with Gasteiger partial charge in [-0.1, -0.05) is 42.5 Å². The fourth-order valence-electron chi connectivity index (χ4n) is 2.59. The summed E-state index contributed by atoms with van der Waals surface area (Å²) in [5.41, 5.74) is 1.48. The van der Waals surface area contributed by atoms with Gasteiger partial charge in [-0.05, 0) is 29.7 Å². The smallest absolute Gasteiger partial charge is 0.307 e. The van der Waals surface area contributed by atoms with E-state index in [0.717, 1.165) is 11.1 Å². The van der Waals surface area contributed by atoms with Crippen LogP contribution in [0.5, 0.6) is 5.75 Å². The summed E-state index contributed by atoms with van der Waals surface area (Å²) in [5.74, 6) is -4.90. The van der Waals surface area contributed by atoms with Gasteiger partial charge < -0.3 is 9.84 Å². The average molecular weight is 346 g/mol. The first kappa shape index (κ1) is 18.6. The lowest BCUT2D eigenvalue weighted by atomic mass is 9.92. The molecule has 0 aromatic heterocycles. The Labute approximate surface area is 145 Å². The molecule has 1 N–H and O–H groups in total. The van der Waals surface area contributed by atoms with Gasteiger partial charge in [0, 0.05) is 12.0 Å². The number of alkyl halides is 2. The number of ether oxygens (including phenoxy) is 1. The first-order valence-electron chi connectivity index (χ1n) is 7.84. The van der Waals surface area contributed by atoms with E-state index in [1.165, 1.54) is 18.2 Å². The van der Waals surface area contributed by atoms with Gasteiger partial charge in [0.25, 0.3) is 5.92 Å². The normalized spacial score (nSPS) is 12.4. The van der Waals surface area contributed by atoms with Crippen molar-refractivity contribution in [2.45, 2.75) is 18.8 Å². The van der Waals surface area contributed by atoms with Crippen molar-refractivity contribution >= 4 is 5.97 Å². The molecule has 2 aromatic carbocycles. The number of carboxylic acids is 1. The lowest BCUT2D eigenvalue weighted by molar-refractivity contribution is -0.145. The number of carboxylic acid groups (broad SMARTS) is 1. The van der Waals surface area contributed by atoms with Gasteiger partial charge in [-0.25, -0.2) is 8.78 Å². The molecule has 3 nitrogen and oxygen atoms in total. The fourth-order valence-corrected chi connectivity index (χ4v) is 2.59. The maximum Gasteiger partial charge on any atom is 0.307 e. The Morgan fingerprint density at radius 3 is 2.12 bits per heavy atom. The molecule has 0 bridgehead atoms. The minimum atomic E-state index is -3.22. The number of benzene rings is 2. The molecule has 1 unspecified atom stereocenters. The van der Waals surface area contributed by atoms with E-state index in [2.05, 4.69) is 6.58 Å². The lowest BCUT2D eigenvalue weighted by Gasteiger charge is -2.20. The number of allylic oxidation sites excluding steroid dienone is 1. The minimum absolute atomic E-state index is 0.00878. The van der Waals surface area contributed by atoms with Crippen molar-refractivity contribution in [1.29, 1.82) is 0 Å². The molecule has 0 aliphatic carbocycles. The van der Waals surface area contributed by atoms with Gasteiger partial charge in [0.15, 0.2) is 0 Å². The van der Waals surface area contributed by atoms with Crippen LogP contribution in [0.4, 0.5) is 8.78 Å². The van der Waals surface area contributed by atoms with Crippen LogP contribution in [-0.4, -0.2) is 18.2 Å². The van der Waals surface area contributed by atoms with Crippen molar-refractivity contribution in [2.24, 2.45) is 5.92 Å². The standard InChI is InChI=1S/C20H20F2O3/c1-3-4-16(19(23)24)13-20(21,22)17-9-5-14(6-10-17)15-7-11-18(25-2)12-8-15/h3,5-12,16H,1,4,13H2,2H3,(H,23,24). The summed E-state index contributed by atoms with van der Waals surface area (Å²) in [7, 11) is 1.57. The van der Waals surface area contributed by atoms with Crippen molar-refractivity contribution in [2.75, 3.05) is 7.11 Å². The Kier molecular flexibility index (Phi) is 5.91. The number of hydrogen-bond donors (Lipinski definition) is 1. The van der Waals surface area contributed by atoms with Crippen molar-refractivity contribution in [3.63, 3.8) is 0 Å². The van der Waals surface area contributed by atoms with Gasteiger partial charge in [-0.3, -0.25) is 4.79 Å². The summed E-state index contributed by atoms with van der Waals surface area (Å²) < 4.78 is 33.9. The van der Waals surface area contributed by atoms with Crippen molar-refractivity contribution in [1.82, 2.24) is 0 Å². The van der Waals surface area contributed by atoms with Gasteiger partial charge in [0.1, 0.15) is 5.75 Å². The number of hydrogen-bond acceptors (Lipinski definition) is 2. The first-order chi connectivity index (χ1) is 11.9. The second kappa shape index (κ2) is 7.92.